The molecule has 1 aliphatic heterocycles. The summed E-state index contributed by atoms with van der Waals surface area (Å²) in [4.78, 5) is 30.2. The number of carbonyl (C=O) groups excluding carboxylic acids is 2. The first kappa shape index (κ1) is 14.3. The van der Waals surface area contributed by atoms with Crippen molar-refractivity contribution in [3.63, 3.8) is 0 Å². The molecule has 1 saturated heterocycles. The molecule has 0 radical (unpaired) electrons. The lowest BCUT2D eigenvalue weighted by Gasteiger charge is -2.22. The summed E-state index contributed by atoms with van der Waals surface area (Å²) >= 11 is 0. The van der Waals surface area contributed by atoms with Crippen molar-refractivity contribution in [3.05, 3.63) is 17.8 Å². The molecule has 1 aromatic heterocycles. The Balaban J connectivity index is 1.66. The summed E-state index contributed by atoms with van der Waals surface area (Å²) in [5, 5.41) is 3.17. The zero-order valence-corrected chi connectivity index (χ0v) is 12.5. The van der Waals surface area contributed by atoms with Crippen molar-refractivity contribution >= 4 is 11.8 Å². The number of aromatic nitrogens is 1. The molecule has 1 saturated carbocycles. The first-order chi connectivity index (χ1) is 10.1. The molecule has 1 aliphatic carbocycles. The van der Waals surface area contributed by atoms with E-state index in [0.717, 1.165) is 31.4 Å². The van der Waals surface area contributed by atoms with Crippen LogP contribution in [0.25, 0.3) is 0 Å². The van der Waals surface area contributed by atoms with E-state index in [-0.39, 0.29) is 30.3 Å². The summed E-state index contributed by atoms with van der Waals surface area (Å²) in [5.41, 5.74) is 0. The average Bonchev–Trinajstić information content (AvgIpc) is 3.13. The van der Waals surface area contributed by atoms with Crippen molar-refractivity contribution in [3.8, 4) is 0 Å². The van der Waals surface area contributed by atoms with Crippen LogP contribution in [-0.4, -0.2) is 33.8 Å². The lowest BCUT2D eigenvalue weighted by Crippen LogP contribution is -2.43. The number of carbonyl (C=O) groups is 2. The SMILES string of the molecule is Cc1cnc(C(C)NC2CC(=O)N(C3CCCC3)C2=O)o1. The van der Waals surface area contributed by atoms with E-state index in [2.05, 4.69) is 10.3 Å². The van der Waals surface area contributed by atoms with E-state index in [9.17, 15) is 9.59 Å². The monoisotopic (exact) mass is 291 g/mol. The van der Waals surface area contributed by atoms with E-state index in [1.165, 1.54) is 4.90 Å². The summed E-state index contributed by atoms with van der Waals surface area (Å²) in [6, 6.07) is -0.541. The van der Waals surface area contributed by atoms with Crippen LogP contribution in [0.15, 0.2) is 10.6 Å². The number of nitrogens with one attached hydrogen (secondary N) is 1. The fourth-order valence-electron chi connectivity index (χ4n) is 3.27. The fraction of sp³-hybridized carbons (Fsp3) is 0.667. The Bertz CT molecular complexity index is 548. The maximum atomic E-state index is 12.5. The van der Waals surface area contributed by atoms with Gasteiger partial charge in [-0.2, -0.15) is 0 Å². The minimum atomic E-state index is -0.458. The number of hydrogen-bond donors (Lipinski definition) is 1. The number of oxazole rings is 1. The lowest BCUT2D eigenvalue weighted by atomic mass is 10.2. The van der Waals surface area contributed by atoms with E-state index in [1.807, 2.05) is 13.8 Å². The van der Waals surface area contributed by atoms with Gasteiger partial charge < -0.3 is 4.42 Å². The second kappa shape index (κ2) is 5.60. The molecule has 2 unspecified atom stereocenters. The van der Waals surface area contributed by atoms with Crippen molar-refractivity contribution in [2.75, 3.05) is 0 Å². The second-order valence-electron chi connectivity index (χ2n) is 5.99. The summed E-state index contributed by atoms with van der Waals surface area (Å²) in [7, 11) is 0. The predicted octanol–water partition coefficient (Wildman–Crippen LogP) is 1.70. The number of rotatable bonds is 4. The van der Waals surface area contributed by atoms with Gasteiger partial charge in [0.05, 0.1) is 24.7 Å². The third-order valence-corrected chi connectivity index (χ3v) is 4.33. The molecular formula is C15H21N3O3. The molecule has 2 atom stereocenters. The van der Waals surface area contributed by atoms with E-state index in [1.54, 1.807) is 6.20 Å². The van der Waals surface area contributed by atoms with Gasteiger partial charge in [0, 0.05) is 6.04 Å². The molecule has 1 aromatic rings. The summed E-state index contributed by atoms with van der Waals surface area (Å²) < 4.78 is 5.46. The van der Waals surface area contributed by atoms with Crippen LogP contribution in [0.3, 0.4) is 0 Å². The number of hydrogen-bond acceptors (Lipinski definition) is 5. The Kier molecular flexibility index (Phi) is 3.80. The predicted molar refractivity (Wildman–Crippen MR) is 75.3 cm³/mol. The molecule has 6 nitrogen and oxygen atoms in total. The van der Waals surface area contributed by atoms with Gasteiger partial charge in [0.1, 0.15) is 5.76 Å². The molecule has 0 spiro atoms. The van der Waals surface area contributed by atoms with Gasteiger partial charge in [-0.3, -0.25) is 19.8 Å². The highest BCUT2D eigenvalue weighted by atomic mass is 16.4. The largest absolute Gasteiger partial charge is 0.444 e. The Morgan fingerprint density at radius 2 is 2.10 bits per heavy atom. The minimum Gasteiger partial charge on any atom is -0.444 e. The first-order valence-electron chi connectivity index (χ1n) is 7.60. The van der Waals surface area contributed by atoms with Gasteiger partial charge in [-0.1, -0.05) is 12.8 Å². The van der Waals surface area contributed by atoms with Gasteiger partial charge in [-0.05, 0) is 26.7 Å². The molecule has 0 bridgehead atoms. The van der Waals surface area contributed by atoms with Gasteiger partial charge in [-0.15, -0.1) is 0 Å². The Labute approximate surface area is 123 Å². The first-order valence-corrected chi connectivity index (χ1v) is 7.60. The van der Waals surface area contributed by atoms with Crippen LogP contribution in [0.4, 0.5) is 0 Å². The van der Waals surface area contributed by atoms with E-state index in [4.69, 9.17) is 4.42 Å². The van der Waals surface area contributed by atoms with E-state index < -0.39 is 6.04 Å². The van der Waals surface area contributed by atoms with Crippen LogP contribution in [0, 0.1) is 6.92 Å². The minimum absolute atomic E-state index is 0.0554. The number of nitrogens with zero attached hydrogens (tertiary/aromatic N) is 2. The normalized spacial score (nSPS) is 25.0. The van der Waals surface area contributed by atoms with Gasteiger partial charge in [-0.25, -0.2) is 4.98 Å². The van der Waals surface area contributed by atoms with Crippen LogP contribution >= 0.6 is 0 Å². The molecule has 0 aromatic carbocycles. The van der Waals surface area contributed by atoms with Gasteiger partial charge in [0.25, 0.3) is 0 Å². The molecule has 21 heavy (non-hydrogen) atoms. The lowest BCUT2D eigenvalue weighted by molar-refractivity contribution is -0.141. The molecule has 1 N–H and O–H groups in total. The van der Waals surface area contributed by atoms with E-state index >= 15 is 0 Å². The van der Waals surface area contributed by atoms with Crippen molar-refractivity contribution in [2.24, 2.45) is 0 Å². The maximum absolute atomic E-state index is 12.5. The highest BCUT2D eigenvalue weighted by Gasteiger charge is 2.43. The van der Waals surface area contributed by atoms with Crippen molar-refractivity contribution < 1.29 is 14.0 Å². The third kappa shape index (κ3) is 2.72. The molecule has 114 valence electrons. The zero-order valence-electron chi connectivity index (χ0n) is 12.5. The average molecular weight is 291 g/mol. The Morgan fingerprint density at radius 1 is 1.38 bits per heavy atom. The maximum Gasteiger partial charge on any atom is 0.247 e. The van der Waals surface area contributed by atoms with Crippen molar-refractivity contribution in [2.45, 2.75) is 64.1 Å². The molecule has 2 aliphatic rings. The number of imide groups is 1. The summed E-state index contributed by atoms with van der Waals surface area (Å²) in [5.74, 6) is 1.13. The van der Waals surface area contributed by atoms with Crippen LogP contribution in [0.2, 0.25) is 0 Å². The Hall–Kier alpha value is -1.69. The summed E-state index contributed by atoms with van der Waals surface area (Å²) in [6.07, 6.45) is 5.98. The van der Waals surface area contributed by atoms with Crippen molar-refractivity contribution in [1.29, 1.82) is 0 Å². The zero-order chi connectivity index (χ0) is 15.0. The van der Waals surface area contributed by atoms with Crippen LogP contribution in [-0.2, 0) is 9.59 Å². The molecule has 6 heteroatoms. The van der Waals surface area contributed by atoms with Crippen LogP contribution < -0.4 is 5.32 Å². The third-order valence-electron chi connectivity index (χ3n) is 4.33. The Morgan fingerprint density at radius 3 is 2.71 bits per heavy atom. The molecule has 2 fully saturated rings. The van der Waals surface area contributed by atoms with E-state index in [0.29, 0.717) is 5.89 Å². The molecule has 3 rings (SSSR count). The fourth-order valence-corrected chi connectivity index (χ4v) is 3.27. The molecular weight excluding hydrogens is 270 g/mol. The van der Waals surface area contributed by atoms with Gasteiger partial charge in [0.15, 0.2) is 0 Å². The number of amides is 2. The van der Waals surface area contributed by atoms with Crippen LogP contribution in [0.5, 0.6) is 0 Å². The van der Waals surface area contributed by atoms with Gasteiger partial charge in [0.2, 0.25) is 17.7 Å². The highest BCUT2D eigenvalue weighted by Crippen LogP contribution is 2.28. The standard InChI is InChI=1S/C15H21N3O3/c1-9-8-16-14(21-9)10(2)17-12-7-13(19)18(15(12)20)11-5-3-4-6-11/h8,10-12,17H,3-7H2,1-2H3. The molecule has 2 heterocycles. The molecule has 2 amide bonds. The number of likely N-dealkylation sites (tertiary alicyclic amines) is 1. The smallest absolute Gasteiger partial charge is 0.247 e. The highest BCUT2D eigenvalue weighted by molar-refractivity contribution is 6.05. The second-order valence-corrected chi connectivity index (χ2v) is 5.99. The summed E-state index contributed by atoms with van der Waals surface area (Å²) in [6.45, 7) is 3.72. The van der Waals surface area contributed by atoms with Crippen LogP contribution in [0.1, 0.15) is 56.7 Å². The van der Waals surface area contributed by atoms with Crippen molar-refractivity contribution in [1.82, 2.24) is 15.2 Å². The topological polar surface area (TPSA) is 75.4 Å². The quantitative estimate of drug-likeness (QED) is 0.855. The number of aryl methyl sites for hydroxylation is 1. The van der Waals surface area contributed by atoms with Gasteiger partial charge >= 0.3 is 0 Å².